The molecule has 0 aliphatic heterocycles. The lowest BCUT2D eigenvalue weighted by atomic mass is 10.3. The van der Waals surface area contributed by atoms with Crippen LogP contribution in [0.2, 0.25) is 0 Å². The fourth-order valence-electron chi connectivity index (χ4n) is 1.52. The maximum atomic E-state index is 11.9. The molecule has 0 aliphatic carbocycles. The number of carbonyl (C=O) groups excluding carboxylic acids is 1. The van der Waals surface area contributed by atoms with Crippen LogP contribution in [0.3, 0.4) is 0 Å². The maximum absolute atomic E-state index is 11.9. The third-order valence-corrected chi connectivity index (χ3v) is 4.18. The molecule has 1 aromatic rings. The summed E-state index contributed by atoms with van der Waals surface area (Å²) in [6.45, 7) is 3.52. The Morgan fingerprint density at radius 1 is 1.26 bits per heavy atom. The average Bonchev–Trinajstić information content (AvgIpc) is 2.37. The van der Waals surface area contributed by atoms with Crippen LogP contribution in [-0.2, 0) is 14.8 Å². The standard InChI is InChI=1S/C12H18N2O4S/c1-3-18-11-7-5-10(6-8-11)14(9-12(13)15)19(16,17)4-2/h5-8H,3-4,9H2,1-2H3,(H2,13,15). The molecular formula is C12H18N2O4S. The van der Waals surface area contributed by atoms with Crippen molar-refractivity contribution in [1.82, 2.24) is 0 Å². The number of primary amides is 1. The highest BCUT2D eigenvalue weighted by molar-refractivity contribution is 7.92. The largest absolute Gasteiger partial charge is 0.494 e. The molecule has 0 saturated carbocycles. The van der Waals surface area contributed by atoms with Crippen molar-refractivity contribution in [3.8, 4) is 5.75 Å². The Morgan fingerprint density at radius 3 is 2.26 bits per heavy atom. The number of hydrogen-bond acceptors (Lipinski definition) is 4. The highest BCUT2D eigenvalue weighted by atomic mass is 32.2. The quantitative estimate of drug-likeness (QED) is 0.800. The van der Waals surface area contributed by atoms with Crippen molar-refractivity contribution in [1.29, 1.82) is 0 Å². The Balaban J connectivity index is 3.07. The van der Waals surface area contributed by atoms with E-state index in [-0.39, 0.29) is 12.3 Å². The molecule has 0 heterocycles. The minimum absolute atomic E-state index is 0.104. The second-order valence-electron chi connectivity index (χ2n) is 3.80. The molecule has 0 atom stereocenters. The van der Waals surface area contributed by atoms with Crippen molar-refractivity contribution >= 4 is 21.6 Å². The molecule has 1 amide bonds. The number of carbonyl (C=O) groups is 1. The van der Waals surface area contributed by atoms with Crippen LogP contribution in [0.15, 0.2) is 24.3 Å². The van der Waals surface area contributed by atoms with Gasteiger partial charge in [-0.15, -0.1) is 0 Å². The first-order valence-corrected chi connectivity index (χ1v) is 7.53. The van der Waals surface area contributed by atoms with E-state index in [0.717, 1.165) is 4.31 Å². The van der Waals surface area contributed by atoms with Gasteiger partial charge in [-0.25, -0.2) is 8.42 Å². The van der Waals surface area contributed by atoms with Gasteiger partial charge < -0.3 is 10.5 Å². The molecule has 0 unspecified atom stereocenters. The Kier molecular flexibility index (Phi) is 5.17. The molecule has 19 heavy (non-hydrogen) atoms. The van der Waals surface area contributed by atoms with E-state index in [1.807, 2.05) is 6.92 Å². The predicted molar refractivity (Wildman–Crippen MR) is 73.6 cm³/mol. The van der Waals surface area contributed by atoms with Crippen LogP contribution in [0.4, 0.5) is 5.69 Å². The lowest BCUT2D eigenvalue weighted by molar-refractivity contribution is -0.116. The van der Waals surface area contributed by atoms with E-state index < -0.39 is 15.9 Å². The zero-order valence-electron chi connectivity index (χ0n) is 11.0. The first-order chi connectivity index (χ1) is 8.90. The number of anilines is 1. The first-order valence-electron chi connectivity index (χ1n) is 5.92. The number of rotatable bonds is 7. The summed E-state index contributed by atoms with van der Waals surface area (Å²) < 4.78 is 30.1. The number of sulfonamides is 1. The normalized spacial score (nSPS) is 11.1. The van der Waals surface area contributed by atoms with Crippen molar-refractivity contribution in [2.45, 2.75) is 13.8 Å². The third-order valence-electron chi connectivity index (χ3n) is 2.44. The summed E-state index contributed by atoms with van der Waals surface area (Å²) in [4.78, 5) is 11.0. The first kappa shape index (κ1) is 15.3. The van der Waals surface area contributed by atoms with Gasteiger partial charge in [0.1, 0.15) is 12.3 Å². The third kappa shape index (κ3) is 4.13. The van der Waals surface area contributed by atoms with E-state index in [0.29, 0.717) is 18.0 Å². The monoisotopic (exact) mass is 286 g/mol. The topological polar surface area (TPSA) is 89.7 Å². The van der Waals surface area contributed by atoms with Gasteiger partial charge in [0.05, 0.1) is 18.0 Å². The highest BCUT2D eigenvalue weighted by Crippen LogP contribution is 2.22. The number of hydrogen-bond donors (Lipinski definition) is 1. The Hall–Kier alpha value is -1.76. The fraction of sp³-hybridized carbons (Fsp3) is 0.417. The smallest absolute Gasteiger partial charge is 0.238 e. The van der Waals surface area contributed by atoms with Gasteiger partial charge in [0, 0.05) is 0 Å². The van der Waals surface area contributed by atoms with Crippen LogP contribution in [0.5, 0.6) is 5.75 Å². The fourth-order valence-corrected chi connectivity index (χ4v) is 2.60. The SMILES string of the molecule is CCOc1ccc(N(CC(N)=O)S(=O)(=O)CC)cc1. The molecule has 1 rings (SSSR count). The number of amides is 1. The number of nitrogens with zero attached hydrogens (tertiary/aromatic N) is 1. The Morgan fingerprint density at radius 2 is 1.84 bits per heavy atom. The summed E-state index contributed by atoms with van der Waals surface area (Å²) >= 11 is 0. The van der Waals surface area contributed by atoms with Gasteiger partial charge in [0.25, 0.3) is 0 Å². The highest BCUT2D eigenvalue weighted by Gasteiger charge is 2.22. The zero-order chi connectivity index (χ0) is 14.5. The maximum Gasteiger partial charge on any atom is 0.238 e. The average molecular weight is 286 g/mol. The summed E-state index contributed by atoms with van der Waals surface area (Å²) in [5, 5.41) is 0. The molecule has 106 valence electrons. The van der Waals surface area contributed by atoms with Gasteiger partial charge in [-0.1, -0.05) is 0 Å². The van der Waals surface area contributed by atoms with Gasteiger partial charge in [-0.3, -0.25) is 9.10 Å². The molecule has 0 spiro atoms. The minimum atomic E-state index is -3.54. The number of ether oxygens (including phenoxy) is 1. The predicted octanol–water partition coefficient (Wildman–Crippen LogP) is 0.727. The lowest BCUT2D eigenvalue weighted by Gasteiger charge is -2.22. The van der Waals surface area contributed by atoms with Crippen LogP contribution in [0.1, 0.15) is 13.8 Å². The van der Waals surface area contributed by atoms with Crippen molar-refractivity contribution in [3.63, 3.8) is 0 Å². The molecular weight excluding hydrogens is 268 g/mol. The minimum Gasteiger partial charge on any atom is -0.494 e. The van der Waals surface area contributed by atoms with E-state index in [1.54, 1.807) is 24.3 Å². The van der Waals surface area contributed by atoms with Gasteiger partial charge >= 0.3 is 0 Å². The molecule has 1 aromatic carbocycles. The van der Waals surface area contributed by atoms with Crippen molar-refractivity contribution in [2.24, 2.45) is 5.73 Å². The second kappa shape index (κ2) is 6.42. The van der Waals surface area contributed by atoms with E-state index in [4.69, 9.17) is 10.5 Å². The number of benzene rings is 1. The summed E-state index contributed by atoms with van der Waals surface area (Å²) in [6.07, 6.45) is 0. The van der Waals surface area contributed by atoms with Gasteiger partial charge in [0.15, 0.2) is 0 Å². The summed E-state index contributed by atoms with van der Waals surface area (Å²) in [7, 11) is -3.54. The van der Waals surface area contributed by atoms with Crippen molar-refractivity contribution in [3.05, 3.63) is 24.3 Å². The van der Waals surface area contributed by atoms with E-state index in [1.165, 1.54) is 6.92 Å². The van der Waals surface area contributed by atoms with Crippen LogP contribution in [-0.4, -0.2) is 33.2 Å². The van der Waals surface area contributed by atoms with Crippen molar-refractivity contribution < 1.29 is 17.9 Å². The van der Waals surface area contributed by atoms with E-state index in [9.17, 15) is 13.2 Å². The van der Waals surface area contributed by atoms with Crippen LogP contribution >= 0.6 is 0 Å². The van der Waals surface area contributed by atoms with Crippen LogP contribution < -0.4 is 14.8 Å². The van der Waals surface area contributed by atoms with Gasteiger partial charge in [-0.05, 0) is 38.1 Å². The molecule has 0 radical (unpaired) electrons. The Bertz CT molecular complexity index is 525. The molecule has 0 bridgehead atoms. The summed E-state index contributed by atoms with van der Waals surface area (Å²) in [6, 6.07) is 6.47. The summed E-state index contributed by atoms with van der Waals surface area (Å²) in [5.74, 6) is -0.168. The molecule has 0 fully saturated rings. The Labute approximate surface area is 113 Å². The van der Waals surface area contributed by atoms with Crippen molar-refractivity contribution in [2.75, 3.05) is 23.2 Å². The molecule has 0 aromatic heterocycles. The molecule has 7 heteroatoms. The van der Waals surface area contributed by atoms with Crippen LogP contribution in [0, 0.1) is 0 Å². The van der Waals surface area contributed by atoms with Crippen LogP contribution in [0.25, 0.3) is 0 Å². The van der Waals surface area contributed by atoms with Gasteiger partial charge in [0.2, 0.25) is 15.9 Å². The molecule has 6 nitrogen and oxygen atoms in total. The zero-order valence-corrected chi connectivity index (χ0v) is 11.8. The van der Waals surface area contributed by atoms with E-state index in [2.05, 4.69) is 0 Å². The second-order valence-corrected chi connectivity index (χ2v) is 5.98. The van der Waals surface area contributed by atoms with E-state index >= 15 is 0 Å². The number of nitrogens with two attached hydrogens (primary N) is 1. The summed E-state index contributed by atoms with van der Waals surface area (Å²) in [5.41, 5.74) is 5.48. The lowest BCUT2D eigenvalue weighted by Crippen LogP contribution is -2.39. The molecule has 2 N–H and O–H groups in total. The van der Waals surface area contributed by atoms with Gasteiger partial charge in [-0.2, -0.15) is 0 Å². The molecule has 0 aliphatic rings. The molecule has 0 saturated heterocycles.